The number of methoxy groups -OCH3 is 1. The van der Waals surface area contributed by atoms with E-state index in [-0.39, 0.29) is 18.0 Å². The second kappa shape index (κ2) is 8.23. The lowest BCUT2D eigenvalue weighted by atomic mass is 10.0. The molecular weight excluding hydrogens is 453 g/mol. The quantitative estimate of drug-likeness (QED) is 0.603. The molecule has 152 valence electrons. The van der Waals surface area contributed by atoms with Crippen molar-refractivity contribution in [2.45, 2.75) is 12.6 Å². The molecule has 0 saturated carbocycles. The largest absolute Gasteiger partial charge is 0.496 e. The molecule has 2 amide bonds. The number of pyridine rings is 1. The number of aromatic nitrogens is 1. The fraction of sp³-hybridized carbons (Fsp3) is 0.136. The Bertz CT molecular complexity index is 1120. The summed E-state index contributed by atoms with van der Waals surface area (Å²) in [7, 11) is 1.43. The number of carbonyl (C=O) groups is 2. The van der Waals surface area contributed by atoms with Crippen molar-refractivity contribution in [1.29, 1.82) is 0 Å². The monoisotopic (exact) mass is 469 g/mol. The number of ether oxygens (including phenoxy) is 1. The van der Waals surface area contributed by atoms with Crippen LogP contribution >= 0.6 is 15.9 Å². The van der Waals surface area contributed by atoms with Crippen molar-refractivity contribution >= 4 is 33.6 Å². The highest BCUT2D eigenvalue weighted by Crippen LogP contribution is 2.37. The van der Waals surface area contributed by atoms with Gasteiger partial charge in [0, 0.05) is 28.3 Å². The molecule has 0 radical (unpaired) electrons. The first-order chi connectivity index (χ1) is 14.5. The molecule has 2 heterocycles. The summed E-state index contributed by atoms with van der Waals surface area (Å²) >= 11 is 3.37. The third kappa shape index (κ3) is 3.78. The van der Waals surface area contributed by atoms with Gasteiger partial charge in [-0.3, -0.25) is 9.59 Å². The minimum absolute atomic E-state index is 0.210. The van der Waals surface area contributed by atoms with E-state index in [1.54, 1.807) is 30.5 Å². The maximum Gasteiger partial charge on any atom is 0.255 e. The standard InChI is InChI=1S/C22H17BrFN3O3/c1-30-18-8-7-15(24)11-17(18)20(21(28)26-19-4-2-3-9-25-19)27-12-13-5-6-14(23)10-16(13)22(27)29/h2-11,20H,12H2,1H3,(H,25,26,28)/t20-/m1/s1. The third-order valence-corrected chi connectivity index (χ3v) is 5.36. The number of benzene rings is 2. The van der Waals surface area contributed by atoms with Crippen LogP contribution in [-0.2, 0) is 11.3 Å². The number of hydrogen-bond acceptors (Lipinski definition) is 4. The van der Waals surface area contributed by atoms with Crippen LogP contribution in [0.15, 0.2) is 65.3 Å². The topological polar surface area (TPSA) is 71.5 Å². The summed E-state index contributed by atoms with van der Waals surface area (Å²) in [4.78, 5) is 32.0. The zero-order chi connectivity index (χ0) is 21.3. The molecule has 0 unspecified atom stereocenters. The van der Waals surface area contributed by atoms with Crippen LogP contribution in [0.4, 0.5) is 10.2 Å². The molecule has 0 bridgehead atoms. The number of rotatable bonds is 5. The molecule has 1 aliphatic rings. The van der Waals surface area contributed by atoms with Crippen LogP contribution in [0.5, 0.6) is 5.75 Å². The van der Waals surface area contributed by atoms with Crippen molar-refractivity contribution in [2.24, 2.45) is 0 Å². The van der Waals surface area contributed by atoms with Gasteiger partial charge in [0.05, 0.1) is 7.11 Å². The molecule has 3 aromatic rings. The summed E-state index contributed by atoms with van der Waals surface area (Å²) < 4.78 is 20.2. The second-order valence-corrected chi connectivity index (χ2v) is 7.64. The molecule has 30 heavy (non-hydrogen) atoms. The fourth-order valence-corrected chi connectivity index (χ4v) is 3.87. The normalized spacial score (nSPS) is 13.7. The van der Waals surface area contributed by atoms with Crippen molar-refractivity contribution in [2.75, 3.05) is 12.4 Å². The van der Waals surface area contributed by atoms with E-state index in [0.717, 1.165) is 10.0 Å². The summed E-state index contributed by atoms with van der Waals surface area (Å²) in [6, 6.07) is 13.3. The molecule has 1 aliphatic heterocycles. The van der Waals surface area contributed by atoms with E-state index in [2.05, 4.69) is 26.2 Å². The first-order valence-electron chi connectivity index (χ1n) is 9.12. The highest BCUT2D eigenvalue weighted by molar-refractivity contribution is 9.10. The van der Waals surface area contributed by atoms with Gasteiger partial charge in [0.15, 0.2) is 0 Å². The van der Waals surface area contributed by atoms with Gasteiger partial charge in [-0.25, -0.2) is 9.37 Å². The van der Waals surface area contributed by atoms with Crippen LogP contribution < -0.4 is 10.1 Å². The molecule has 1 N–H and O–H groups in total. The number of nitrogens with zero attached hydrogens (tertiary/aromatic N) is 2. The highest BCUT2D eigenvalue weighted by atomic mass is 79.9. The van der Waals surface area contributed by atoms with Crippen LogP contribution in [0.3, 0.4) is 0 Å². The Morgan fingerprint density at radius 3 is 2.80 bits per heavy atom. The number of fused-ring (bicyclic) bond motifs is 1. The van der Waals surface area contributed by atoms with E-state index in [1.807, 2.05) is 12.1 Å². The zero-order valence-corrected chi connectivity index (χ0v) is 17.5. The Morgan fingerprint density at radius 2 is 2.07 bits per heavy atom. The summed E-state index contributed by atoms with van der Waals surface area (Å²) in [6.07, 6.45) is 1.54. The number of amides is 2. The molecule has 0 spiro atoms. The van der Waals surface area contributed by atoms with Gasteiger partial charge in [0.2, 0.25) is 0 Å². The molecule has 2 aromatic carbocycles. The van der Waals surface area contributed by atoms with Crippen LogP contribution in [0.2, 0.25) is 0 Å². The molecule has 8 heteroatoms. The van der Waals surface area contributed by atoms with Gasteiger partial charge in [-0.2, -0.15) is 0 Å². The van der Waals surface area contributed by atoms with Gasteiger partial charge in [-0.15, -0.1) is 0 Å². The van der Waals surface area contributed by atoms with Crippen molar-refractivity contribution in [3.63, 3.8) is 0 Å². The molecule has 6 nitrogen and oxygen atoms in total. The van der Waals surface area contributed by atoms with E-state index in [4.69, 9.17) is 4.74 Å². The predicted molar refractivity (Wildman–Crippen MR) is 113 cm³/mol. The Hall–Kier alpha value is -3.26. The maximum atomic E-state index is 14.1. The van der Waals surface area contributed by atoms with Gasteiger partial charge >= 0.3 is 0 Å². The Morgan fingerprint density at radius 1 is 1.23 bits per heavy atom. The molecule has 0 fully saturated rings. The van der Waals surface area contributed by atoms with Crippen molar-refractivity contribution in [1.82, 2.24) is 9.88 Å². The lowest BCUT2D eigenvalue weighted by Crippen LogP contribution is -2.38. The second-order valence-electron chi connectivity index (χ2n) is 6.73. The van der Waals surface area contributed by atoms with Crippen molar-refractivity contribution < 1.29 is 18.7 Å². The van der Waals surface area contributed by atoms with Crippen LogP contribution in [0.1, 0.15) is 27.5 Å². The molecule has 0 saturated heterocycles. The van der Waals surface area contributed by atoms with E-state index in [9.17, 15) is 14.0 Å². The van der Waals surface area contributed by atoms with Gasteiger partial charge in [-0.1, -0.05) is 28.1 Å². The average molecular weight is 470 g/mol. The lowest BCUT2D eigenvalue weighted by Gasteiger charge is -2.28. The van der Waals surface area contributed by atoms with E-state index < -0.39 is 17.8 Å². The first kappa shape index (κ1) is 20.0. The van der Waals surface area contributed by atoms with Gasteiger partial charge < -0.3 is 15.0 Å². The van der Waals surface area contributed by atoms with E-state index >= 15 is 0 Å². The van der Waals surface area contributed by atoms with Gasteiger partial charge in [0.25, 0.3) is 11.8 Å². The fourth-order valence-electron chi connectivity index (χ4n) is 3.51. The van der Waals surface area contributed by atoms with Crippen molar-refractivity contribution in [3.8, 4) is 5.75 Å². The SMILES string of the molecule is COc1ccc(F)cc1[C@H](C(=O)Nc1ccccn1)N1Cc2ccc(Br)cc2C1=O. The van der Waals surface area contributed by atoms with Crippen LogP contribution in [0.25, 0.3) is 0 Å². The summed E-state index contributed by atoms with van der Waals surface area (Å²) in [5, 5.41) is 2.72. The highest BCUT2D eigenvalue weighted by Gasteiger charge is 2.39. The Kier molecular flexibility index (Phi) is 5.50. The number of halogens is 2. The third-order valence-electron chi connectivity index (χ3n) is 4.87. The minimum Gasteiger partial charge on any atom is -0.496 e. The maximum absolute atomic E-state index is 14.1. The summed E-state index contributed by atoms with van der Waals surface area (Å²) in [5.74, 6) is -0.734. The average Bonchev–Trinajstić information content (AvgIpc) is 3.05. The van der Waals surface area contributed by atoms with E-state index in [1.165, 1.54) is 30.2 Å². The Labute approximate surface area is 180 Å². The number of anilines is 1. The molecule has 1 aromatic heterocycles. The van der Waals surface area contributed by atoms with Gasteiger partial charge in [0.1, 0.15) is 23.4 Å². The Balaban J connectivity index is 1.78. The van der Waals surface area contributed by atoms with Crippen molar-refractivity contribution in [3.05, 3.63) is 87.8 Å². The summed E-state index contributed by atoms with van der Waals surface area (Å²) in [5.41, 5.74) is 1.54. The molecular formula is C22H17BrFN3O3. The first-order valence-corrected chi connectivity index (χ1v) is 9.92. The number of hydrogen-bond donors (Lipinski definition) is 1. The lowest BCUT2D eigenvalue weighted by molar-refractivity contribution is -0.120. The summed E-state index contributed by atoms with van der Waals surface area (Å²) in [6.45, 7) is 0.210. The minimum atomic E-state index is -1.11. The van der Waals surface area contributed by atoms with E-state index in [0.29, 0.717) is 17.1 Å². The van der Waals surface area contributed by atoms with Crippen LogP contribution in [0, 0.1) is 5.82 Å². The number of carbonyl (C=O) groups excluding carboxylic acids is 2. The van der Waals surface area contributed by atoms with Crippen LogP contribution in [-0.4, -0.2) is 28.8 Å². The smallest absolute Gasteiger partial charge is 0.255 e. The number of nitrogens with one attached hydrogen (secondary N) is 1. The van der Waals surface area contributed by atoms with Gasteiger partial charge in [-0.05, 0) is 48.0 Å². The predicted octanol–water partition coefficient (Wildman–Crippen LogP) is 4.33. The molecule has 4 rings (SSSR count). The molecule has 0 aliphatic carbocycles. The molecule has 1 atom stereocenters. The zero-order valence-electron chi connectivity index (χ0n) is 15.9.